The Hall–Kier alpha value is -3.68. The number of hydrogen-bond donors (Lipinski definition) is 3. The Morgan fingerprint density at radius 1 is 1.10 bits per heavy atom. The maximum Gasteiger partial charge on any atom is 0.319 e. The van der Waals surface area contributed by atoms with Crippen LogP contribution >= 0.6 is 0 Å². The van der Waals surface area contributed by atoms with Gasteiger partial charge in [-0.25, -0.2) is 9.78 Å². The lowest BCUT2D eigenvalue weighted by Crippen LogP contribution is -2.28. The molecule has 2 aromatic heterocycles. The SMILES string of the molecule is CCNC(=O)Nc1ccc(-c2cncc(NC(CC)c3cncc(C)c3)n2)cc1OC. The summed E-state index contributed by atoms with van der Waals surface area (Å²) < 4.78 is 5.45. The first-order valence-corrected chi connectivity index (χ1v) is 10.3. The van der Waals surface area contributed by atoms with Gasteiger partial charge in [0.2, 0.25) is 0 Å². The number of hydrogen-bond acceptors (Lipinski definition) is 6. The topological polar surface area (TPSA) is 101 Å². The number of aryl methyl sites for hydroxylation is 1. The highest BCUT2D eigenvalue weighted by molar-refractivity contribution is 5.91. The number of nitrogens with zero attached hydrogens (tertiary/aromatic N) is 3. The Morgan fingerprint density at radius 3 is 2.61 bits per heavy atom. The van der Waals surface area contributed by atoms with Crippen LogP contribution in [-0.4, -0.2) is 34.6 Å². The molecule has 162 valence electrons. The predicted molar refractivity (Wildman–Crippen MR) is 122 cm³/mol. The van der Waals surface area contributed by atoms with E-state index in [4.69, 9.17) is 9.72 Å². The lowest BCUT2D eigenvalue weighted by molar-refractivity contribution is 0.252. The quantitative estimate of drug-likeness (QED) is 0.494. The number of methoxy groups -OCH3 is 1. The molecule has 0 aliphatic rings. The fourth-order valence-corrected chi connectivity index (χ4v) is 3.22. The number of urea groups is 1. The standard InChI is InChI=1S/C23H28N6O2/c1-5-18(17-9-15(3)11-24-12-17)27-22-14-25-13-20(28-22)16-7-8-19(21(10-16)31-4)29-23(30)26-6-2/h7-14,18H,5-6H2,1-4H3,(H,27,28)(H2,26,29,30). The summed E-state index contributed by atoms with van der Waals surface area (Å²) in [4.78, 5) is 25.2. The molecule has 8 heteroatoms. The minimum Gasteiger partial charge on any atom is -0.495 e. The monoisotopic (exact) mass is 420 g/mol. The van der Waals surface area contributed by atoms with Gasteiger partial charge in [0.25, 0.3) is 0 Å². The molecule has 0 saturated heterocycles. The number of pyridine rings is 1. The molecule has 8 nitrogen and oxygen atoms in total. The van der Waals surface area contributed by atoms with Crippen molar-refractivity contribution in [2.75, 3.05) is 24.3 Å². The molecule has 0 spiro atoms. The van der Waals surface area contributed by atoms with Crippen LogP contribution in [0.1, 0.15) is 37.4 Å². The molecular weight excluding hydrogens is 392 g/mol. The van der Waals surface area contributed by atoms with Gasteiger partial charge in [0.15, 0.2) is 0 Å². The second-order valence-electron chi connectivity index (χ2n) is 7.09. The van der Waals surface area contributed by atoms with E-state index in [0.29, 0.717) is 29.5 Å². The summed E-state index contributed by atoms with van der Waals surface area (Å²) in [6.45, 7) is 6.54. The van der Waals surface area contributed by atoms with E-state index >= 15 is 0 Å². The molecule has 1 unspecified atom stereocenters. The molecule has 31 heavy (non-hydrogen) atoms. The van der Waals surface area contributed by atoms with Crippen molar-refractivity contribution in [2.45, 2.75) is 33.2 Å². The molecule has 0 bridgehead atoms. The van der Waals surface area contributed by atoms with Crippen molar-refractivity contribution in [1.29, 1.82) is 0 Å². The van der Waals surface area contributed by atoms with Crippen LogP contribution in [0.3, 0.4) is 0 Å². The number of anilines is 2. The van der Waals surface area contributed by atoms with E-state index in [1.807, 2.05) is 38.4 Å². The Balaban J connectivity index is 1.83. The van der Waals surface area contributed by atoms with E-state index in [-0.39, 0.29) is 12.1 Å². The van der Waals surface area contributed by atoms with Crippen LogP contribution in [0.2, 0.25) is 0 Å². The lowest BCUT2D eigenvalue weighted by atomic mass is 10.1. The molecule has 0 saturated carbocycles. The smallest absolute Gasteiger partial charge is 0.319 e. The minimum absolute atomic E-state index is 0.0788. The van der Waals surface area contributed by atoms with Crippen molar-refractivity contribution in [3.63, 3.8) is 0 Å². The first-order valence-electron chi connectivity index (χ1n) is 10.3. The van der Waals surface area contributed by atoms with Gasteiger partial charge in [-0.15, -0.1) is 0 Å². The van der Waals surface area contributed by atoms with E-state index in [2.05, 4.69) is 38.9 Å². The molecule has 1 atom stereocenters. The van der Waals surface area contributed by atoms with Crippen LogP contribution in [0.4, 0.5) is 16.3 Å². The van der Waals surface area contributed by atoms with E-state index in [9.17, 15) is 4.79 Å². The van der Waals surface area contributed by atoms with Gasteiger partial charge in [0, 0.05) is 24.5 Å². The van der Waals surface area contributed by atoms with Crippen molar-refractivity contribution >= 4 is 17.5 Å². The Labute approximate surface area is 182 Å². The van der Waals surface area contributed by atoms with Crippen molar-refractivity contribution in [2.24, 2.45) is 0 Å². The molecule has 0 radical (unpaired) electrons. The van der Waals surface area contributed by atoms with E-state index in [1.54, 1.807) is 25.6 Å². The van der Waals surface area contributed by atoms with Gasteiger partial charge >= 0.3 is 6.03 Å². The third-order valence-corrected chi connectivity index (χ3v) is 4.75. The van der Waals surface area contributed by atoms with Crippen LogP contribution < -0.4 is 20.7 Å². The van der Waals surface area contributed by atoms with Gasteiger partial charge in [-0.2, -0.15) is 0 Å². The maximum absolute atomic E-state index is 11.8. The number of carbonyl (C=O) groups is 1. The second kappa shape index (κ2) is 10.4. The maximum atomic E-state index is 11.8. The number of ether oxygens (including phenoxy) is 1. The third kappa shape index (κ3) is 5.69. The largest absolute Gasteiger partial charge is 0.495 e. The molecule has 2 amide bonds. The van der Waals surface area contributed by atoms with Crippen molar-refractivity contribution in [1.82, 2.24) is 20.3 Å². The van der Waals surface area contributed by atoms with Crippen molar-refractivity contribution in [3.05, 3.63) is 60.2 Å². The Morgan fingerprint density at radius 2 is 1.90 bits per heavy atom. The first-order chi connectivity index (χ1) is 15.0. The molecular formula is C23H28N6O2. The summed E-state index contributed by atoms with van der Waals surface area (Å²) >= 11 is 0. The van der Waals surface area contributed by atoms with E-state index in [1.165, 1.54) is 0 Å². The molecule has 3 rings (SSSR count). The predicted octanol–water partition coefficient (Wildman–Crippen LogP) is 4.56. The molecule has 2 heterocycles. The molecule has 1 aromatic carbocycles. The number of aromatic nitrogens is 3. The fourth-order valence-electron chi connectivity index (χ4n) is 3.22. The summed E-state index contributed by atoms with van der Waals surface area (Å²) in [7, 11) is 1.56. The molecule has 0 aliphatic carbocycles. The van der Waals surface area contributed by atoms with Crippen LogP contribution in [-0.2, 0) is 0 Å². The summed E-state index contributed by atoms with van der Waals surface area (Å²) in [5.41, 5.74) is 4.34. The Kier molecular flexibility index (Phi) is 7.37. The summed E-state index contributed by atoms with van der Waals surface area (Å²) in [5, 5.41) is 8.93. The lowest BCUT2D eigenvalue weighted by Gasteiger charge is -2.18. The van der Waals surface area contributed by atoms with Gasteiger partial charge in [-0.3, -0.25) is 9.97 Å². The van der Waals surface area contributed by atoms with Crippen LogP contribution in [0.15, 0.2) is 49.1 Å². The first kappa shape index (κ1) is 22.0. The highest BCUT2D eigenvalue weighted by Crippen LogP contribution is 2.30. The third-order valence-electron chi connectivity index (χ3n) is 4.75. The van der Waals surface area contributed by atoms with E-state index in [0.717, 1.165) is 23.1 Å². The van der Waals surface area contributed by atoms with Gasteiger partial charge in [-0.1, -0.05) is 19.1 Å². The van der Waals surface area contributed by atoms with Crippen molar-refractivity contribution < 1.29 is 9.53 Å². The zero-order valence-electron chi connectivity index (χ0n) is 18.3. The summed E-state index contributed by atoms with van der Waals surface area (Å²) in [5.74, 6) is 1.22. The van der Waals surface area contributed by atoms with Gasteiger partial charge in [-0.05, 0) is 43.5 Å². The summed E-state index contributed by atoms with van der Waals surface area (Å²) in [6.07, 6.45) is 8.00. The zero-order valence-corrected chi connectivity index (χ0v) is 18.3. The second-order valence-corrected chi connectivity index (χ2v) is 7.09. The number of amides is 2. The van der Waals surface area contributed by atoms with E-state index < -0.39 is 0 Å². The highest BCUT2D eigenvalue weighted by atomic mass is 16.5. The van der Waals surface area contributed by atoms with Crippen LogP contribution in [0, 0.1) is 6.92 Å². The summed E-state index contributed by atoms with van der Waals surface area (Å²) in [6, 6.07) is 7.41. The normalized spacial score (nSPS) is 11.5. The molecule has 3 N–H and O–H groups in total. The van der Waals surface area contributed by atoms with Crippen molar-refractivity contribution in [3.8, 4) is 17.0 Å². The van der Waals surface area contributed by atoms with Gasteiger partial charge < -0.3 is 20.7 Å². The highest BCUT2D eigenvalue weighted by Gasteiger charge is 2.13. The Bertz CT molecular complexity index is 1040. The van der Waals surface area contributed by atoms with Crippen LogP contribution in [0.5, 0.6) is 5.75 Å². The molecule has 0 aliphatic heterocycles. The zero-order chi connectivity index (χ0) is 22.2. The fraction of sp³-hybridized carbons (Fsp3) is 0.304. The minimum atomic E-state index is -0.282. The molecule has 3 aromatic rings. The van der Waals surface area contributed by atoms with Gasteiger partial charge in [0.1, 0.15) is 11.6 Å². The van der Waals surface area contributed by atoms with Gasteiger partial charge in [0.05, 0.1) is 36.9 Å². The average Bonchev–Trinajstić information content (AvgIpc) is 2.78. The number of nitrogens with one attached hydrogen (secondary N) is 3. The molecule has 0 fully saturated rings. The number of carbonyl (C=O) groups excluding carboxylic acids is 1. The number of rotatable bonds is 8. The van der Waals surface area contributed by atoms with Crippen LogP contribution in [0.25, 0.3) is 11.3 Å². The average molecular weight is 421 g/mol. The number of benzene rings is 1.